The van der Waals surface area contributed by atoms with E-state index in [1.165, 1.54) is 51.4 Å². The van der Waals surface area contributed by atoms with Crippen LogP contribution < -0.4 is 0 Å². The summed E-state index contributed by atoms with van der Waals surface area (Å²) in [6, 6.07) is 0. The lowest BCUT2D eigenvalue weighted by Crippen LogP contribution is -2.30. The molecule has 0 saturated heterocycles. The van der Waals surface area contributed by atoms with E-state index in [9.17, 15) is 9.59 Å². The molecule has 5 nitrogen and oxygen atoms in total. The largest absolute Gasteiger partial charge is 0.462 e. The van der Waals surface area contributed by atoms with Crippen molar-refractivity contribution in [2.75, 3.05) is 19.8 Å². The summed E-state index contributed by atoms with van der Waals surface area (Å²) in [7, 11) is 0. The standard InChI is InChI=1S/C57H92O5/c1-4-7-10-13-16-19-22-24-26-28-29-30-31-33-36-38-41-44-47-50-56(58)61-54-55(62-57(59)51-48-45-42-39-35-21-18-15-12-9-6-3)53-60-52-49-46-43-40-37-34-32-27-25-23-20-17-14-11-8-5-2/h7-8,10-11,16-17,19-20,24-27,29-30,33-34,36-37,41,44,55H,4-6,9,12-15,18,21-23,28,31-32,35,38-40,42-43,45-54H2,1-3H3/b10-7-,11-8-,19-16-,20-17-,26-24-,27-25-,30-29-,36-33-,37-34-,44-41-. The monoisotopic (exact) mass is 857 g/mol. The van der Waals surface area contributed by atoms with Gasteiger partial charge in [0.15, 0.2) is 6.10 Å². The lowest BCUT2D eigenvalue weighted by Gasteiger charge is -2.18. The second kappa shape index (κ2) is 51.6. The highest BCUT2D eigenvalue weighted by Crippen LogP contribution is 2.13. The van der Waals surface area contributed by atoms with Crippen molar-refractivity contribution in [2.24, 2.45) is 0 Å². The first-order chi connectivity index (χ1) is 30.6. The average molecular weight is 857 g/mol. The predicted octanol–water partition coefficient (Wildman–Crippen LogP) is 17.0. The second-order valence-corrected chi connectivity index (χ2v) is 16.0. The Kier molecular flexibility index (Phi) is 48.6. The lowest BCUT2D eigenvalue weighted by molar-refractivity contribution is -0.162. The minimum atomic E-state index is -0.589. The van der Waals surface area contributed by atoms with Crippen molar-refractivity contribution in [3.63, 3.8) is 0 Å². The maximum Gasteiger partial charge on any atom is 0.306 e. The summed E-state index contributed by atoms with van der Waals surface area (Å²) in [5, 5.41) is 0. The summed E-state index contributed by atoms with van der Waals surface area (Å²) in [6.45, 7) is 7.43. The summed E-state index contributed by atoms with van der Waals surface area (Å²) in [5.74, 6) is -0.520. The number of ether oxygens (including phenoxy) is 3. The van der Waals surface area contributed by atoms with Crippen LogP contribution in [0.5, 0.6) is 0 Å². The molecule has 0 aliphatic carbocycles. The van der Waals surface area contributed by atoms with Gasteiger partial charge in [-0.25, -0.2) is 0 Å². The Labute approximate surface area is 382 Å². The van der Waals surface area contributed by atoms with E-state index in [1.807, 2.05) is 6.08 Å². The Morgan fingerprint density at radius 3 is 1.21 bits per heavy atom. The summed E-state index contributed by atoms with van der Waals surface area (Å²) in [4.78, 5) is 25.3. The van der Waals surface area contributed by atoms with Crippen molar-refractivity contribution >= 4 is 11.9 Å². The summed E-state index contributed by atoms with van der Waals surface area (Å²) >= 11 is 0. The van der Waals surface area contributed by atoms with Gasteiger partial charge in [-0.15, -0.1) is 0 Å². The fourth-order valence-corrected chi connectivity index (χ4v) is 6.35. The molecule has 0 aliphatic rings. The van der Waals surface area contributed by atoms with E-state index >= 15 is 0 Å². The van der Waals surface area contributed by atoms with Gasteiger partial charge in [-0.3, -0.25) is 9.59 Å². The van der Waals surface area contributed by atoms with Crippen LogP contribution in [0.1, 0.15) is 201 Å². The van der Waals surface area contributed by atoms with Crippen LogP contribution in [-0.2, 0) is 23.8 Å². The first kappa shape index (κ1) is 58.3. The van der Waals surface area contributed by atoms with Crippen LogP contribution in [0.2, 0.25) is 0 Å². The smallest absolute Gasteiger partial charge is 0.306 e. The molecular weight excluding hydrogens is 765 g/mol. The van der Waals surface area contributed by atoms with E-state index in [1.54, 1.807) is 0 Å². The molecule has 0 saturated carbocycles. The first-order valence-corrected chi connectivity index (χ1v) is 25.1. The van der Waals surface area contributed by atoms with Crippen molar-refractivity contribution in [3.05, 3.63) is 122 Å². The number of carbonyl (C=O) groups excluding carboxylic acids is 2. The van der Waals surface area contributed by atoms with Crippen molar-refractivity contribution in [1.29, 1.82) is 0 Å². The van der Waals surface area contributed by atoms with E-state index in [0.29, 0.717) is 25.9 Å². The quantitative estimate of drug-likeness (QED) is 0.0347. The maximum absolute atomic E-state index is 12.8. The molecule has 0 fully saturated rings. The highest BCUT2D eigenvalue weighted by atomic mass is 16.6. The van der Waals surface area contributed by atoms with Gasteiger partial charge in [0.1, 0.15) is 6.61 Å². The van der Waals surface area contributed by atoms with Crippen LogP contribution >= 0.6 is 0 Å². The number of hydrogen-bond donors (Lipinski definition) is 0. The molecule has 0 spiro atoms. The van der Waals surface area contributed by atoms with E-state index in [4.69, 9.17) is 14.2 Å². The average Bonchev–Trinajstić information content (AvgIpc) is 3.27. The summed E-state index contributed by atoms with van der Waals surface area (Å²) in [6.07, 6.45) is 72.2. The van der Waals surface area contributed by atoms with Crippen molar-refractivity contribution in [2.45, 2.75) is 207 Å². The third-order valence-corrected chi connectivity index (χ3v) is 10.0. The Balaban J connectivity index is 4.44. The fraction of sp³-hybridized carbons (Fsp3) is 0.614. The Morgan fingerprint density at radius 1 is 0.371 bits per heavy atom. The molecule has 0 radical (unpaired) electrons. The topological polar surface area (TPSA) is 61.8 Å². The number of esters is 2. The number of hydrogen-bond acceptors (Lipinski definition) is 5. The zero-order valence-corrected chi connectivity index (χ0v) is 40.1. The molecule has 62 heavy (non-hydrogen) atoms. The molecule has 0 aromatic heterocycles. The van der Waals surface area contributed by atoms with E-state index < -0.39 is 6.10 Å². The van der Waals surface area contributed by atoms with Gasteiger partial charge >= 0.3 is 11.9 Å². The van der Waals surface area contributed by atoms with Gasteiger partial charge in [0, 0.05) is 19.4 Å². The van der Waals surface area contributed by atoms with Crippen LogP contribution in [0.4, 0.5) is 0 Å². The van der Waals surface area contributed by atoms with Crippen LogP contribution in [-0.4, -0.2) is 37.9 Å². The molecule has 0 rings (SSSR count). The molecule has 0 heterocycles. The molecule has 0 bridgehead atoms. The molecule has 5 heteroatoms. The highest BCUT2D eigenvalue weighted by molar-refractivity contribution is 5.70. The van der Waals surface area contributed by atoms with Crippen LogP contribution in [0.15, 0.2) is 122 Å². The number of carbonyl (C=O) groups is 2. The van der Waals surface area contributed by atoms with E-state index in [2.05, 4.69) is 136 Å². The molecule has 350 valence electrons. The number of rotatable bonds is 44. The minimum absolute atomic E-state index is 0.0262. The Hall–Kier alpha value is -3.70. The van der Waals surface area contributed by atoms with Crippen LogP contribution in [0.25, 0.3) is 0 Å². The van der Waals surface area contributed by atoms with Crippen LogP contribution in [0, 0.1) is 0 Å². The normalized spacial score (nSPS) is 13.3. The predicted molar refractivity (Wildman–Crippen MR) is 269 cm³/mol. The van der Waals surface area contributed by atoms with E-state index in [0.717, 1.165) is 109 Å². The zero-order valence-electron chi connectivity index (χ0n) is 40.1. The van der Waals surface area contributed by atoms with Gasteiger partial charge in [0.2, 0.25) is 0 Å². The van der Waals surface area contributed by atoms with E-state index in [-0.39, 0.29) is 25.2 Å². The first-order valence-electron chi connectivity index (χ1n) is 25.1. The number of unbranched alkanes of at least 4 members (excludes halogenated alkanes) is 13. The van der Waals surface area contributed by atoms with Gasteiger partial charge < -0.3 is 14.2 Å². The molecule has 0 aromatic rings. The third-order valence-electron chi connectivity index (χ3n) is 10.0. The summed E-state index contributed by atoms with van der Waals surface area (Å²) in [5.41, 5.74) is 0. The highest BCUT2D eigenvalue weighted by Gasteiger charge is 2.17. The van der Waals surface area contributed by atoms with Gasteiger partial charge in [-0.05, 0) is 96.3 Å². The molecular formula is C57H92O5. The third kappa shape index (κ3) is 49.0. The molecule has 0 aliphatic heterocycles. The van der Waals surface area contributed by atoms with Crippen molar-refractivity contribution in [1.82, 2.24) is 0 Å². The molecule has 1 unspecified atom stereocenters. The molecule has 1 atom stereocenters. The Bertz CT molecular complexity index is 1290. The molecule has 0 amide bonds. The molecule has 0 N–H and O–H groups in total. The van der Waals surface area contributed by atoms with Gasteiger partial charge in [0.25, 0.3) is 0 Å². The lowest BCUT2D eigenvalue weighted by atomic mass is 10.1. The summed E-state index contributed by atoms with van der Waals surface area (Å²) < 4.78 is 17.3. The second-order valence-electron chi connectivity index (χ2n) is 16.0. The van der Waals surface area contributed by atoms with Crippen LogP contribution in [0.3, 0.4) is 0 Å². The minimum Gasteiger partial charge on any atom is -0.462 e. The zero-order chi connectivity index (χ0) is 44.9. The fourth-order valence-electron chi connectivity index (χ4n) is 6.35. The maximum atomic E-state index is 12.8. The van der Waals surface area contributed by atoms with Gasteiger partial charge in [-0.1, -0.05) is 213 Å². The Morgan fingerprint density at radius 2 is 0.758 bits per heavy atom. The van der Waals surface area contributed by atoms with Crippen molar-refractivity contribution < 1.29 is 23.8 Å². The van der Waals surface area contributed by atoms with Gasteiger partial charge in [-0.2, -0.15) is 0 Å². The van der Waals surface area contributed by atoms with Gasteiger partial charge in [0.05, 0.1) is 6.61 Å². The SMILES string of the molecule is CC/C=C\C/C=C\C/C=C\C/C=C\C/C=C\C/C=C\CCC(=O)OCC(COCCCCC/C=C\C/C=C\C/C=C\C/C=C\CC)OC(=O)CCCCCCCCCCCCC. The molecule has 0 aromatic carbocycles. The number of allylic oxidation sites excluding steroid dienone is 20. The van der Waals surface area contributed by atoms with Crippen molar-refractivity contribution in [3.8, 4) is 0 Å².